The van der Waals surface area contributed by atoms with Crippen molar-refractivity contribution in [1.29, 1.82) is 0 Å². The monoisotopic (exact) mass is 217 g/mol. The van der Waals surface area contributed by atoms with Gasteiger partial charge in [0, 0.05) is 5.54 Å². The fraction of sp³-hybridized carbons (Fsp3) is 0.571. The van der Waals surface area contributed by atoms with Crippen LogP contribution in [0.3, 0.4) is 0 Å². The summed E-state index contributed by atoms with van der Waals surface area (Å²) in [7, 11) is 0. The lowest BCUT2D eigenvalue weighted by Gasteiger charge is -2.30. The van der Waals surface area contributed by atoms with E-state index in [4.69, 9.17) is 0 Å². The minimum atomic E-state index is 0.364. The van der Waals surface area contributed by atoms with Crippen LogP contribution in [-0.4, -0.2) is 17.2 Å². The van der Waals surface area contributed by atoms with Crippen molar-refractivity contribution < 1.29 is 5.11 Å². The number of hydrogen-bond donors (Lipinski definition) is 2. The fourth-order valence-electron chi connectivity index (χ4n) is 3.09. The second kappa shape index (κ2) is 3.77. The van der Waals surface area contributed by atoms with Crippen molar-refractivity contribution in [2.45, 2.75) is 37.6 Å². The van der Waals surface area contributed by atoms with Gasteiger partial charge in [-0.3, -0.25) is 0 Å². The third-order valence-corrected chi connectivity index (χ3v) is 4.09. The Labute approximate surface area is 96.7 Å². The molecule has 0 aromatic heterocycles. The summed E-state index contributed by atoms with van der Waals surface area (Å²) in [4.78, 5) is 0. The predicted octanol–water partition coefficient (Wildman–Crippen LogP) is 2.47. The average Bonchev–Trinajstić information content (AvgIpc) is 3.05. The molecule has 1 unspecified atom stereocenters. The van der Waals surface area contributed by atoms with Crippen molar-refractivity contribution in [1.82, 2.24) is 5.32 Å². The third kappa shape index (κ3) is 1.82. The molecule has 1 aliphatic carbocycles. The molecule has 2 heteroatoms. The Balaban J connectivity index is 1.78. The summed E-state index contributed by atoms with van der Waals surface area (Å²) in [6.07, 6.45) is 6.54. The van der Waals surface area contributed by atoms with Crippen LogP contribution in [0, 0.1) is 5.92 Å². The molecule has 0 spiro atoms. The molecule has 1 atom stereocenters. The standard InChI is InChI=1S/C14H19NO/c16-13-6-2-11(3-7-13)10-14(12-4-5-12)8-1-9-15-14/h2-3,6-7,12,15-16H,1,4-5,8-10H2. The van der Waals surface area contributed by atoms with Crippen LogP contribution in [0.5, 0.6) is 5.75 Å². The fourth-order valence-corrected chi connectivity index (χ4v) is 3.09. The molecule has 1 aliphatic heterocycles. The van der Waals surface area contributed by atoms with Crippen LogP contribution in [0.15, 0.2) is 24.3 Å². The minimum absolute atomic E-state index is 0.364. The van der Waals surface area contributed by atoms with Crippen molar-refractivity contribution >= 4 is 0 Å². The van der Waals surface area contributed by atoms with Gasteiger partial charge in [0.25, 0.3) is 0 Å². The third-order valence-electron chi connectivity index (χ3n) is 4.09. The van der Waals surface area contributed by atoms with E-state index in [2.05, 4.69) is 17.4 Å². The molecule has 86 valence electrons. The van der Waals surface area contributed by atoms with Crippen molar-refractivity contribution in [3.05, 3.63) is 29.8 Å². The first-order valence-electron chi connectivity index (χ1n) is 6.31. The molecule has 0 amide bonds. The van der Waals surface area contributed by atoms with Crippen LogP contribution in [0.1, 0.15) is 31.2 Å². The van der Waals surface area contributed by atoms with E-state index in [1.54, 1.807) is 12.1 Å². The Morgan fingerprint density at radius 2 is 2.00 bits per heavy atom. The average molecular weight is 217 g/mol. The van der Waals surface area contributed by atoms with E-state index in [1.807, 2.05) is 0 Å². The predicted molar refractivity (Wildman–Crippen MR) is 64.5 cm³/mol. The van der Waals surface area contributed by atoms with E-state index in [9.17, 15) is 5.11 Å². The van der Waals surface area contributed by atoms with Gasteiger partial charge in [0.05, 0.1) is 0 Å². The van der Waals surface area contributed by atoms with Gasteiger partial charge >= 0.3 is 0 Å². The maximum absolute atomic E-state index is 9.29. The highest BCUT2D eigenvalue weighted by Gasteiger charge is 2.46. The maximum atomic E-state index is 9.29. The molecule has 0 bridgehead atoms. The number of aromatic hydroxyl groups is 1. The van der Waals surface area contributed by atoms with Crippen molar-refractivity contribution in [3.8, 4) is 5.75 Å². The van der Waals surface area contributed by atoms with Gasteiger partial charge in [-0.05, 0) is 62.3 Å². The molecule has 1 aromatic carbocycles. The van der Waals surface area contributed by atoms with Crippen LogP contribution < -0.4 is 5.32 Å². The van der Waals surface area contributed by atoms with Gasteiger partial charge in [-0.25, -0.2) is 0 Å². The SMILES string of the molecule is Oc1ccc(CC2(C3CC3)CCCN2)cc1. The van der Waals surface area contributed by atoms with Gasteiger partial charge in [0.1, 0.15) is 5.75 Å². The van der Waals surface area contributed by atoms with E-state index >= 15 is 0 Å². The molecule has 16 heavy (non-hydrogen) atoms. The molecule has 0 radical (unpaired) electrons. The van der Waals surface area contributed by atoms with Gasteiger partial charge in [0.15, 0.2) is 0 Å². The minimum Gasteiger partial charge on any atom is -0.508 e. The lowest BCUT2D eigenvalue weighted by atomic mass is 9.84. The Morgan fingerprint density at radius 1 is 1.25 bits per heavy atom. The molecule has 3 rings (SSSR count). The van der Waals surface area contributed by atoms with Crippen LogP contribution in [0.4, 0.5) is 0 Å². The van der Waals surface area contributed by atoms with Crippen molar-refractivity contribution in [3.63, 3.8) is 0 Å². The van der Waals surface area contributed by atoms with Crippen LogP contribution >= 0.6 is 0 Å². The number of benzene rings is 1. The molecule has 1 saturated heterocycles. The Hall–Kier alpha value is -1.02. The molecule has 1 aromatic rings. The quantitative estimate of drug-likeness (QED) is 0.815. The van der Waals surface area contributed by atoms with E-state index in [0.29, 0.717) is 11.3 Å². The Morgan fingerprint density at radius 3 is 2.56 bits per heavy atom. The second-order valence-corrected chi connectivity index (χ2v) is 5.30. The Kier molecular flexibility index (Phi) is 2.40. The van der Waals surface area contributed by atoms with Gasteiger partial charge in [0.2, 0.25) is 0 Å². The van der Waals surface area contributed by atoms with Gasteiger partial charge in [-0.1, -0.05) is 12.1 Å². The highest BCUT2D eigenvalue weighted by Crippen LogP contribution is 2.45. The van der Waals surface area contributed by atoms with Gasteiger partial charge < -0.3 is 10.4 Å². The lowest BCUT2D eigenvalue weighted by molar-refractivity contribution is 0.323. The Bertz CT molecular complexity index is 361. The number of nitrogens with one attached hydrogen (secondary N) is 1. The normalized spacial score (nSPS) is 29.5. The molecule has 2 aliphatic rings. The van der Waals surface area contributed by atoms with Crippen LogP contribution in [0.2, 0.25) is 0 Å². The first-order valence-corrected chi connectivity index (χ1v) is 6.31. The largest absolute Gasteiger partial charge is 0.508 e. The summed E-state index contributed by atoms with van der Waals surface area (Å²) < 4.78 is 0. The first kappa shape index (κ1) is 10.2. The van der Waals surface area contributed by atoms with E-state index in [-0.39, 0.29) is 0 Å². The molecular weight excluding hydrogens is 198 g/mol. The maximum Gasteiger partial charge on any atom is 0.115 e. The van der Waals surface area contributed by atoms with Crippen LogP contribution in [-0.2, 0) is 6.42 Å². The van der Waals surface area contributed by atoms with Crippen LogP contribution in [0.25, 0.3) is 0 Å². The zero-order valence-electron chi connectivity index (χ0n) is 9.58. The molecule has 2 N–H and O–H groups in total. The topological polar surface area (TPSA) is 32.3 Å². The van der Waals surface area contributed by atoms with E-state index < -0.39 is 0 Å². The molecule has 1 heterocycles. The first-order chi connectivity index (χ1) is 7.78. The summed E-state index contributed by atoms with van der Waals surface area (Å²) >= 11 is 0. The lowest BCUT2D eigenvalue weighted by Crippen LogP contribution is -2.44. The molecular formula is C14H19NO. The van der Waals surface area contributed by atoms with Gasteiger partial charge in [-0.15, -0.1) is 0 Å². The highest BCUT2D eigenvalue weighted by molar-refractivity contribution is 5.28. The summed E-state index contributed by atoms with van der Waals surface area (Å²) in [5, 5.41) is 13.0. The molecule has 2 fully saturated rings. The van der Waals surface area contributed by atoms with Gasteiger partial charge in [-0.2, -0.15) is 0 Å². The zero-order chi connectivity index (χ0) is 11.0. The van der Waals surface area contributed by atoms with Crippen molar-refractivity contribution in [2.24, 2.45) is 5.92 Å². The summed E-state index contributed by atoms with van der Waals surface area (Å²) in [6, 6.07) is 7.70. The number of phenols is 1. The van der Waals surface area contributed by atoms with Crippen molar-refractivity contribution in [2.75, 3.05) is 6.54 Å². The molecule has 1 saturated carbocycles. The highest BCUT2D eigenvalue weighted by atomic mass is 16.3. The second-order valence-electron chi connectivity index (χ2n) is 5.30. The zero-order valence-corrected chi connectivity index (χ0v) is 9.58. The van der Waals surface area contributed by atoms with E-state index in [1.165, 1.54) is 37.8 Å². The summed E-state index contributed by atoms with van der Waals surface area (Å²) in [6.45, 7) is 1.18. The smallest absolute Gasteiger partial charge is 0.115 e. The number of rotatable bonds is 3. The molecule has 2 nitrogen and oxygen atoms in total. The number of phenolic OH excluding ortho intramolecular Hbond substituents is 1. The summed E-state index contributed by atoms with van der Waals surface area (Å²) in [5.74, 6) is 1.26. The number of hydrogen-bond acceptors (Lipinski definition) is 2. The van der Waals surface area contributed by atoms with E-state index in [0.717, 1.165) is 12.3 Å². The summed E-state index contributed by atoms with van der Waals surface area (Å²) in [5.41, 5.74) is 1.72.